The number of benzene rings is 1. The molecule has 0 saturated heterocycles. The van der Waals surface area contributed by atoms with Gasteiger partial charge in [0.1, 0.15) is 56.7 Å². The van der Waals surface area contributed by atoms with E-state index < -0.39 is 66.1 Å². The van der Waals surface area contributed by atoms with Crippen LogP contribution in [-0.4, -0.2) is 143 Å². The van der Waals surface area contributed by atoms with Crippen molar-refractivity contribution in [3.63, 3.8) is 0 Å². The summed E-state index contributed by atoms with van der Waals surface area (Å²) in [5.74, 6) is -2.40. The summed E-state index contributed by atoms with van der Waals surface area (Å²) >= 11 is 0. The van der Waals surface area contributed by atoms with Crippen molar-refractivity contribution in [3.8, 4) is 5.75 Å². The van der Waals surface area contributed by atoms with E-state index in [1.54, 1.807) is 24.3 Å². The van der Waals surface area contributed by atoms with Gasteiger partial charge in [-0.3, -0.25) is 4.84 Å². The normalized spacial score (nSPS) is 13.1. The molecule has 5 N–H and O–H groups in total. The van der Waals surface area contributed by atoms with Gasteiger partial charge in [0.25, 0.3) is 0 Å². The number of rotatable bonds is 35. The van der Waals surface area contributed by atoms with Crippen LogP contribution in [0.1, 0.15) is 100 Å². The van der Waals surface area contributed by atoms with Crippen molar-refractivity contribution in [2.24, 2.45) is 27.8 Å². The number of oxime groups is 1. The van der Waals surface area contributed by atoms with Crippen LogP contribution in [0.25, 0.3) is 0 Å². The van der Waals surface area contributed by atoms with Gasteiger partial charge >= 0.3 is 48.3 Å². The minimum Gasteiger partial charge on any atom is -0.490 e. The SMILES string of the molecule is C=CC(=O)OCC(COC(=O)C(=C)C)OC(=O)NCCC(C)(C)CC(C)CNC(=O)OCCOc1ccc(/C(=N/OC(=O)NCC(C)CC(C)(C)CCNC(=O)OC(COC(=O)C=C)COC(=O)C(=C)C)C(C)(C)O)cc1. The van der Waals surface area contributed by atoms with E-state index in [1.807, 2.05) is 41.5 Å². The molecule has 0 aliphatic heterocycles. The highest BCUT2D eigenvalue weighted by molar-refractivity contribution is 6.06. The van der Waals surface area contributed by atoms with Gasteiger partial charge in [-0.1, -0.05) is 73.0 Å². The fourth-order valence-electron chi connectivity index (χ4n) is 7.12. The molecule has 23 nitrogen and oxygen atoms in total. The second kappa shape index (κ2) is 34.3. The molecule has 0 bridgehead atoms. The maximum Gasteiger partial charge on any atom is 0.433 e. The number of carbonyl (C=O) groups excluding carboxylic acids is 8. The summed E-state index contributed by atoms with van der Waals surface area (Å²) in [5, 5.41) is 25.6. The molecule has 0 aliphatic rings. The summed E-state index contributed by atoms with van der Waals surface area (Å²) in [5.41, 5.74) is -1.24. The van der Waals surface area contributed by atoms with Crippen LogP contribution < -0.4 is 26.0 Å². The molecule has 430 valence electrons. The average molecular weight is 1090 g/mol. The fourth-order valence-corrected chi connectivity index (χ4v) is 7.12. The summed E-state index contributed by atoms with van der Waals surface area (Å²) in [6.07, 6.45) is -0.862. The van der Waals surface area contributed by atoms with Gasteiger partial charge in [0.15, 0.2) is 12.2 Å². The van der Waals surface area contributed by atoms with Crippen molar-refractivity contribution < 1.29 is 86.2 Å². The van der Waals surface area contributed by atoms with E-state index in [1.165, 1.54) is 27.7 Å². The van der Waals surface area contributed by atoms with E-state index in [0.29, 0.717) is 43.5 Å². The third kappa shape index (κ3) is 31.3. The lowest BCUT2D eigenvalue weighted by molar-refractivity contribution is -0.148. The van der Waals surface area contributed by atoms with Crippen LogP contribution in [0, 0.1) is 22.7 Å². The molecule has 0 spiro atoms. The smallest absolute Gasteiger partial charge is 0.433 e. The third-order valence-corrected chi connectivity index (χ3v) is 10.8. The van der Waals surface area contributed by atoms with Crippen LogP contribution in [0.5, 0.6) is 5.75 Å². The van der Waals surface area contributed by atoms with Crippen LogP contribution in [-0.2, 0) is 57.2 Å². The zero-order valence-corrected chi connectivity index (χ0v) is 46.3. The minimum absolute atomic E-state index is 0.0285. The number of aliphatic hydroxyl groups is 1. The Bertz CT molecular complexity index is 2200. The molecule has 0 saturated carbocycles. The lowest BCUT2D eigenvalue weighted by Crippen LogP contribution is -2.37. The van der Waals surface area contributed by atoms with Gasteiger partial charge in [-0.2, -0.15) is 0 Å². The van der Waals surface area contributed by atoms with Crippen molar-refractivity contribution in [2.75, 3.05) is 65.8 Å². The van der Waals surface area contributed by atoms with E-state index in [9.17, 15) is 43.5 Å². The van der Waals surface area contributed by atoms with Crippen molar-refractivity contribution >= 4 is 54.0 Å². The number of nitrogens with one attached hydrogen (secondary N) is 4. The summed E-state index contributed by atoms with van der Waals surface area (Å²) in [4.78, 5) is 102. The molecule has 1 aromatic rings. The molecule has 0 aliphatic carbocycles. The standard InChI is InChI=1S/C54H81N5O18/c1-15-43(60)71-31-41(33-73-46(62)35(3)4)75-49(65)55-23-21-52(9,10)27-37(7)29-57-48(64)70-26-25-69-40-19-17-39(18-20-40)45(54(13,14)68)59-77-51(67)58-30-38(8)28-53(11,12)22-24-56-50(66)76-42(32-72-44(61)16-2)34-74-47(63)36(5)6/h15-20,37-38,41-42,68H,1-3,5,21-34H2,4,6-14H3,(H,55,65)(H,56,66)(H,57,64)(H,58,67)/b59-45-. The second-order valence-corrected chi connectivity index (χ2v) is 20.4. The van der Waals surface area contributed by atoms with Crippen molar-refractivity contribution in [1.82, 2.24) is 21.3 Å². The Morgan fingerprint density at radius 2 is 1.01 bits per heavy atom. The Morgan fingerprint density at radius 3 is 1.42 bits per heavy atom. The molecular formula is C54H81N5O18. The zero-order chi connectivity index (χ0) is 58.4. The first-order valence-electron chi connectivity index (χ1n) is 25.0. The largest absolute Gasteiger partial charge is 0.490 e. The Balaban J connectivity index is 2.54. The molecule has 1 rings (SSSR count). The summed E-state index contributed by atoms with van der Waals surface area (Å²) in [6, 6.07) is 6.49. The highest BCUT2D eigenvalue weighted by Crippen LogP contribution is 2.30. The number of nitrogens with zero attached hydrogens (tertiary/aromatic N) is 1. The molecule has 4 atom stereocenters. The van der Waals surface area contributed by atoms with Crippen molar-refractivity contribution in [1.29, 1.82) is 0 Å². The number of alkyl carbamates (subject to hydrolysis) is 3. The van der Waals surface area contributed by atoms with Crippen LogP contribution in [0.3, 0.4) is 0 Å². The number of amides is 4. The molecular weight excluding hydrogens is 1010 g/mol. The van der Waals surface area contributed by atoms with Gasteiger partial charge in [-0.15, -0.1) is 0 Å². The molecule has 0 aromatic heterocycles. The quantitative estimate of drug-likeness (QED) is 0.00891. The van der Waals surface area contributed by atoms with Gasteiger partial charge in [-0.25, -0.2) is 38.4 Å². The molecule has 1 aromatic carbocycles. The van der Waals surface area contributed by atoms with E-state index in [2.05, 4.69) is 52.7 Å². The molecule has 0 radical (unpaired) electrons. The number of hydrogen-bond donors (Lipinski definition) is 5. The first kappa shape index (κ1) is 67.6. The highest BCUT2D eigenvalue weighted by atomic mass is 16.7. The second-order valence-electron chi connectivity index (χ2n) is 20.4. The van der Waals surface area contributed by atoms with Crippen molar-refractivity contribution in [3.05, 3.63) is 79.4 Å². The van der Waals surface area contributed by atoms with Gasteiger partial charge in [0.2, 0.25) is 0 Å². The number of ether oxygens (including phenoxy) is 8. The van der Waals surface area contributed by atoms with Crippen LogP contribution in [0.2, 0.25) is 0 Å². The van der Waals surface area contributed by atoms with E-state index in [4.69, 9.17) is 42.7 Å². The van der Waals surface area contributed by atoms with Gasteiger partial charge in [0, 0.05) is 55.0 Å². The molecule has 77 heavy (non-hydrogen) atoms. The molecule has 23 heteroatoms. The monoisotopic (exact) mass is 1090 g/mol. The lowest BCUT2D eigenvalue weighted by Gasteiger charge is -2.28. The van der Waals surface area contributed by atoms with E-state index in [-0.39, 0.29) is 98.8 Å². The molecule has 4 amide bonds. The fraction of sp³-hybridized carbons (Fsp3) is 0.574. The number of carbonyl (C=O) groups is 8. The number of esters is 4. The third-order valence-electron chi connectivity index (χ3n) is 10.8. The van der Waals surface area contributed by atoms with Crippen LogP contribution >= 0.6 is 0 Å². The predicted molar refractivity (Wildman–Crippen MR) is 283 cm³/mol. The Labute approximate surface area is 451 Å². The van der Waals surface area contributed by atoms with Gasteiger partial charge in [0.05, 0.1) is 0 Å². The summed E-state index contributed by atoms with van der Waals surface area (Å²) < 4.78 is 41.6. The first-order valence-corrected chi connectivity index (χ1v) is 25.0. The highest BCUT2D eigenvalue weighted by Gasteiger charge is 2.28. The zero-order valence-electron chi connectivity index (χ0n) is 46.3. The van der Waals surface area contributed by atoms with E-state index >= 15 is 0 Å². The molecule has 4 unspecified atom stereocenters. The van der Waals surface area contributed by atoms with Crippen LogP contribution in [0.4, 0.5) is 19.2 Å². The Morgan fingerprint density at radius 1 is 0.597 bits per heavy atom. The topological polar surface area (TPSA) is 300 Å². The maximum absolute atomic E-state index is 12.7. The Hall–Kier alpha value is -7.43. The van der Waals surface area contributed by atoms with Crippen LogP contribution in [0.15, 0.2) is 79.0 Å². The van der Waals surface area contributed by atoms with Gasteiger partial charge in [-0.05, 0) is 100 Å². The molecule has 0 heterocycles. The number of hydrogen-bond acceptors (Lipinski definition) is 19. The Kier molecular flexibility index (Phi) is 30.1. The molecule has 0 fully saturated rings. The average Bonchev–Trinajstić information content (AvgIpc) is 3.34. The lowest BCUT2D eigenvalue weighted by atomic mass is 9.80. The van der Waals surface area contributed by atoms with Crippen molar-refractivity contribution in [2.45, 2.75) is 113 Å². The maximum atomic E-state index is 12.7. The van der Waals surface area contributed by atoms with E-state index in [0.717, 1.165) is 12.2 Å². The predicted octanol–water partition coefficient (Wildman–Crippen LogP) is 6.76. The summed E-state index contributed by atoms with van der Waals surface area (Å²) in [6.45, 7) is 31.1. The summed E-state index contributed by atoms with van der Waals surface area (Å²) in [7, 11) is 0. The first-order chi connectivity index (χ1) is 35.9. The minimum atomic E-state index is -1.51. The van der Waals surface area contributed by atoms with Gasteiger partial charge < -0.3 is 64.3 Å².